The summed E-state index contributed by atoms with van der Waals surface area (Å²) in [6.45, 7) is 1.85. The first-order chi connectivity index (χ1) is 9.29. The quantitative estimate of drug-likeness (QED) is 0.802. The summed E-state index contributed by atoms with van der Waals surface area (Å²) in [5.74, 6) is 0. The van der Waals surface area contributed by atoms with Crippen LogP contribution >= 0.6 is 27.5 Å². The zero-order chi connectivity index (χ0) is 14.9. The Labute approximate surface area is 131 Å². The minimum Gasteiger partial charge on any atom is -0.398 e. The second-order valence-electron chi connectivity index (χ2n) is 4.25. The van der Waals surface area contributed by atoms with Crippen molar-refractivity contribution in [3.63, 3.8) is 0 Å². The lowest BCUT2D eigenvalue weighted by Crippen LogP contribution is -2.13. The molecule has 0 radical (unpaired) electrons. The smallest absolute Gasteiger partial charge is 0.261 e. The molecule has 0 unspecified atom stereocenters. The van der Waals surface area contributed by atoms with Gasteiger partial charge in [-0.2, -0.15) is 0 Å². The fraction of sp³-hybridized carbons (Fsp3) is 0.0769. The summed E-state index contributed by atoms with van der Waals surface area (Å²) in [7, 11) is -3.68. The van der Waals surface area contributed by atoms with Crippen molar-refractivity contribution in [2.75, 3.05) is 10.5 Å². The fourth-order valence-corrected chi connectivity index (χ4v) is 3.29. The Morgan fingerprint density at radius 3 is 2.50 bits per heavy atom. The first kappa shape index (κ1) is 15.2. The summed E-state index contributed by atoms with van der Waals surface area (Å²) in [6, 6.07) is 9.40. The number of rotatable bonds is 3. The Kier molecular flexibility index (Phi) is 4.27. The van der Waals surface area contributed by atoms with Gasteiger partial charge in [-0.3, -0.25) is 4.72 Å². The van der Waals surface area contributed by atoms with Gasteiger partial charge >= 0.3 is 0 Å². The maximum Gasteiger partial charge on any atom is 0.261 e. The van der Waals surface area contributed by atoms with E-state index in [1.54, 1.807) is 18.2 Å². The van der Waals surface area contributed by atoms with Gasteiger partial charge in [0.05, 0.1) is 15.6 Å². The van der Waals surface area contributed by atoms with Crippen LogP contribution in [-0.2, 0) is 10.0 Å². The molecule has 0 aliphatic carbocycles. The minimum atomic E-state index is -3.68. The molecule has 0 aliphatic rings. The summed E-state index contributed by atoms with van der Waals surface area (Å²) in [5.41, 5.74) is 7.60. The lowest BCUT2D eigenvalue weighted by atomic mass is 10.2. The summed E-state index contributed by atoms with van der Waals surface area (Å²) in [6.07, 6.45) is 0. The SMILES string of the molecule is Cc1ccc(NS(=O)(=O)c2ccc(Cl)c(Br)c2)cc1N. The standard InChI is InChI=1S/C13H12BrClN2O2S/c1-8-2-3-9(6-13(8)16)17-20(18,19)10-4-5-12(15)11(14)7-10/h2-7,17H,16H2,1H3. The van der Waals surface area contributed by atoms with Crippen molar-refractivity contribution >= 4 is 48.9 Å². The van der Waals surface area contributed by atoms with Gasteiger partial charge in [0, 0.05) is 10.2 Å². The Morgan fingerprint density at radius 1 is 1.20 bits per heavy atom. The monoisotopic (exact) mass is 374 g/mol. The molecular weight excluding hydrogens is 364 g/mol. The highest BCUT2D eigenvalue weighted by Crippen LogP contribution is 2.27. The van der Waals surface area contributed by atoms with Crippen molar-refractivity contribution in [3.8, 4) is 0 Å². The number of hydrogen-bond acceptors (Lipinski definition) is 3. The number of aryl methyl sites for hydroxylation is 1. The molecule has 0 atom stereocenters. The number of nitrogens with two attached hydrogens (primary N) is 1. The molecule has 4 nitrogen and oxygen atoms in total. The van der Waals surface area contributed by atoms with Gasteiger partial charge in [0.15, 0.2) is 0 Å². The molecule has 0 fully saturated rings. The predicted molar refractivity (Wildman–Crippen MR) is 85.6 cm³/mol. The molecule has 0 saturated heterocycles. The molecule has 20 heavy (non-hydrogen) atoms. The van der Waals surface area contributed by atoms with Crippen molar-refractivity contribution in [2.45, 2.75) is 11.8 Å². The molecule has 2 aromatic rings. The number of nitrogen functional groups attached to an aromatic ring is 1. The highest BCUT2D eigenvalue weighted by Gasteiger charge is 2.15. The number of benzene rings is 2. The van der Waals surface area contributed by atoms with Crippen LogP contribution in [0.5, 0.6) is 0 Å². The van der Waals surface area contributed by atoms with Crippen molar-refractivity contribution in [3.05, 3.63) is 51.5 Å². The summed E-state index contributed by atoms with van der Waals surface area (Å²) < 4.78 is 27.5. The van der Waals surface area contributed by atoms with E-state index in [1.807, 2.05) is 6.92 Å². The molecule has 0 heterocycles. The van der Waals surface area contributed by atoms with E-state index in [2.05, 4.69) is 20.7 Å². The van der Waals surface area contributed by atoms with Gasteiger partial charge in [0.25, 0.3) is 10.0 Å². The van der Waals surface area contributed by atoms with Crippen molar-refractivity contribution in [1.82, 2.24) is 0 Å². The third-order valence-electron chi connectivity index (χ3n) is 2.73. The van der Waals surface area contributed by atoms with Gasteiger partial charge in [0.2, 0.25) is 0 Å². The number of anilines is 2. The molecule has 0 amide bonds. The summed E-state index contributed by atoms with van der Waals surface area (Å²) in [5, 5.41) is 0.448. The highest BCUT2D eigenvalue weighted by molar-refractivity contribution is 9.10. The average molecular weight is 376 g/mol. The van der Waals surface area contributed by atoms with Crippen molar-refractivity contribution < 1.29 is 8.42 Å². The van der Waals surface area contributed by atoms with Crippen LogP contribution in [0.15, 0.2) is 45.8 Å². The second-order valence-corrected chi connectivity index (χ2v) is 7.20. The zero-order valence-electron chi connectivity index (χ0n) is 10.5. The van der Waals surface area contributed by atoms with Crippen molar-refractivity contribution in [2.24, 2.45) is 0 Å². The van der Waals surface area contributed by atoms with E-state index in [0.29, 0.717) is 20.9 Å². The Hall–Kier alpha value is -1.24. The number of hydrogen-bond donors (Lipinski definition) is 2. The molecule has 0 spiro atoms. The van der Waals surface area contributed by atoms with E-state index in [0.717, 1.165) is 5.56 Å². The molecule has 3 N–H and O–H groups in total. The van der Waals surface area contributed by atoms with Gasteiger partial charge in [-0.15, -0.1) is 0 Å². The van der Waals surface area contributed by atoms with E-state index in [1.165, 1.54) is 18.2 Å². The van der Waals surface area contributed by atoms with E-state index in [9.17, 15) is 8.42 Å². The van der Waals surface area contributed by atoms with E-state index in [-0.39, 0.29) is 4.90 Å². The third kappa shape index (κ3) is 3.26. The first-order valence-corrected chi connectivity index (χ1v) is 8.29. The van der Waals surface area contributed by atoms with Crippen LogP contribution in [0.4, 0.5) is 11.4 Å². The Bertz CT molecular complexity index is 763. The lowest BCUT2D eigenvalue weighted by Gasteiger charge is -2.10. The van der Waals surface area contributed by atoms with Gasteiger partial charge < -0.3 is 5.73 Å². The van der Waals surface area contributed by atoms with Crippen LogP contribution in [-0.4, -0.2) is 8.42 Å². The minimum absolute atomic E-state index is 0.118. The zero-order valence-corrected chi connectivity index (χ0v) is 13.7. The van der Waals surface area contributed by atoms with E-state index < -0.39 is 10.0 Å². The van der Waals surface area contributed by atoms with Crippen LogP contribution in [0.25, 0.3) is 0 Å². The maximum atomic E-state index is 12.2. The Balaban J connectivity index is 2.35. The third-order valence-corrected chi connectivity index (χ3v) is 5.33. The number of halogens is 2. The van der Waals surface area contributed by atoms with Crippen LogP contribution < -0.4 is 10.5 Å². The Morgan fingerprint density at radius 2 is 1.90 bits per heavy atom. The fourth-order valence-electron chi connectivity index (χ4n) is 1.56. The van der Waals surface area contributed by atoms with E-state index in [4.69, 9.17) is 17.3 Å². The topological polar surface area (TPSA) is 72.2 Å². The molecule has 0 bridgehead atoms. The average Bonchev–Trinajstić information content (AvgIpc) is 2.37. The van der Waals surface area contributed by atoms with Gasteiger partial charge in [-0.1, -0.05) is 17.7 Å². The molecule has 0 aromatic heterocycles. The molecular formula is C13H12BrClN2O2S. The lowest BCUT2D eigenvalue weighted by molar-refractivity contribution is 0.601. The van der Waals surface area contributed by atoms with E-state index >= 15 is 0 Å². The van der Waals surface area contributed by atoms with Crippen molar-refractivity contribution in [1.29, 1.82) is 0 Å². The first-order valence-electron chi connectivity index (χ1n) is 5.63. The molecule has 7 heteroatoms. The van der Waals surface area contributed by atoms with Gasteiger partial charge in [0.1, 0.15) is 0 Å². The maximum absolute atomic E-state index is 12.2. The van der Waals surface area contributed by atoms with Crippen LogP contribution in [0.2, 0.25) is 5.02 Å². The summed E-state index contributed by atoms with van der Waals surface area (Å²) >= 11 is 9.05. The largest absolute Gasteiger partial charge is 0.398 e. The molecule has 106 valence electrons. The van der Waals surface area contributed by atoms with Crippen LogP contribution in [0.1, 0.15) is 5.56 Å². The molecule has 2 aromatic carbocycles. The number of sulfonamides is 1. The molecule has 0 aliphatic heterocycles. The predicted octanol–water partition coefficient (Wildman–Crippen LogP) is 3.79. The van der Waals surface area contributed by atoms with Crippen LogP contribution in [0.3, 0.4) is 0 Å². The second kappa shape index (κ2) is 5.63. The van der Waals surface area contributed by atoms with Gasteiger partial charge in [-0.25, -0.2) is 8.42 Å². The molecule has 0 saturated carbocycles. The normalized spacial score (nSPS) is 11.3. The summed E-state index contributed by atoms with van der Waals surface area (Å²) in [4.78, 5) is 0.118. The highest BCUT2D eigenvalue weighted by atomic mass is 79.9. The van der Waals surface area contributed by atoms with Crippen LogP contribution in [0, 0.1) is 6.92 Å². The number of nitrogens with one attached hydrogen (secondary N) is 1. The van der Waals surface area contributed by atoms with Gasteiger partial charge in [-0.05, 0) is 58.7 Å². The molecule has 2 rings (SSSR count).